The number of carbonyl (C=O) groups excluding carboxylic acids is 1. The highest BCUT2D eigenvalue weighted by molar-refractivity contribution is 6.10. The molecule has 2 aromatic carbocycles. The molecule has 6 heteroatoms. The van der Waals surface area contributed by atoms with Gasteiger partial charge < -0.3 is 10.5 Å². The van der Waals surface area contributed by atoms with E-state index < -0.39 is 17.5 Å². The zero-order valence-corrected chi connectivity index (χ0v) is 11.1. The molecular formula is C15H12F3NO2. The number of halogens is 3. The van der Waals surface area contributed by atoms with Crippen LogP contribution in [0.5, 0.6) is 5.75 Å². The maximum absolute atomic E-state index is 12.7. The van der Waals surface area contributed by atoms with Gasteiger partial charge in [0.25, 0.3) is 0 Å². The van der Waals surface area contributed by atoms with Gasteiger partial charge in [0, 0.05) is 11.3 Å². The van der Waals surface area contributed by atoms with Crippen LogP contribution in [0.15, 0.2) is 42.5 Å². The first-order chi connectivity index (χ1) is 9.82. The summed E-state index contributed by atoms with van der Waals surface area (Å²) in [6.45, 7) is 0. The Bertz CT molecular complexity index is 664. The van der Waals surface area contributed by atoms with Crippen molar-refractivity contribution in [1.82, 2.24) is 0 Å². The minimum absolute atomic E-state index is 0.0651. The zero-order valence-electron chi connectivity index (χ0n) is 11.1. The molecule has 2 N–H and O–H groups in total. The number of carbonyl (C=O) groups is 1. The van der Waals surface area contributed by atoms with Gasteiger partial charge in [-0.05, 0) is 42.5 Å². The number of ether oxygens (including phenoxy) is 1. The Hall–Kier alpha value is -2.50. The lowest BCUT2D eigenvalue weighted by Gasteiger charge is -2.12. The normalized spacial score (nSPS) is 11.2. The van der Waals surface area contributed by atoms with Gasteiger partial charge in [-0.2, -0.15) is 13.2 Å². The molecule has 0 aliphatic heterocycles. The number of rotatable bonds is 3. The second-order valence-electron chi connectivity index (χ2n) is 4.36. The smallest absolute Gasteiger partial charge is 0.416 e. The maximum atomic E-state index is 12.7. The highest BCUT2D eigenvalue weighted by Crippen LogP contribution is 2.33. The number of benzene rings is 2. The van der Waals surface area contributed by atoms with Crippen LogP contribution in [0.3, 0.4) is 0 Å². The molecule has 3 nitrogen and oxygen atoms in total. The van der Waals surface area contributed by atoms with Crippen molar-refractivity contribution in [2.24, 2.45) is 0 Å². The summed E-state index contributed by atoms with van der Waals surface area (Å²) in [7, 11) is 1.22. The topological polar surface area (TPSA) is 52.3 Å². The Morgan fingerprint density at radius 1 is 1.10 bits per heavy atom. The van der Waals surface area contributed by atoms with Crippen molar-refractivity contribution in [3.05, 3.63) is 59.2 Å². The predicted octanol–water partition coefficient (Wildman–Crippen LogP) is 3.53. The largest absolute Gasteiger partial charge is 0.496 e. The predicted molar refractivity (Wildman–Crippen MR) is 72.3 cm³/mol. The molecule has 0 heterocycles. The molecule has 0 aliphatic carbocycles. The van der Waals surface area contributed by atoms with E-state index in [9.17, 15) is 18.0 Å². The third-order valence-electron chi connectivity index (χ3n) is 2.95. The molecule has 0 amide bonds. The van der Waals surface area contributed by atoms with E-state index in [1.807, 2.05) is 0 Å². The maximum Gasteiger partial charge on any atom is 0.416 e. The highest BCUT2D eigenvalue weighted by Gasteiger charge is 2.31. The number of alkyl halides is 3. The summed E-state index contributed by atoms with van der Waals surface area (Å²) in [6.07, 6.45) is -4.49. The van der Waals surface area contributed by atoms with E-state index in [0.717, 1.165) is 18.2 Å². The fraction of sp³-hybridized carbons (Fsp3) is 0.133. The van der Waals surface area contributed by atoms with Gasteiger partial charge in [-0.1, -0.05) is 0 Å². The van der Waals surface area contributed by atoms with Gasteiger partial charge in [0.05, 0.1) is 18.2 Å². The average Bonchev–Trinajstić information content (AvgIpc) is 2.45. The first-order valence-electron chi connectivity index (χ1n) is 5.98. The lowest BCUT2D eigenvalue weighted by atomic mass is 10.0. The molecule has 0 fully saturated rings. The Morgan fingerprint density at radius 3 is 2.24 bits per heavy atom. The number of anilines is 1. The Balaban J connectivity index is 2.44. The minimum Gasteiger partial charge on any atom is -0.496 e. The van der Waals surface area contributed by atoms with Crippen molar-refractivity contribution in [3.8, 4) is 5.75 Å². The van der Waals surface area contributed by atoms with Gasteiger partial charge in [0.1, 0.15) is 5.75 Å². The van der Waals surface area contributed by atoms with Gasteiger partial charge in [0.2, 0.25) is 0 Å². The van der Waals surface area contributed by atoms with Crippen LogP contribution >= 0.6 is 0 Å². The van der Waals surface area contributed by atoms with E-state index in [-0.39, 0.29) is 11.3 Å². The van der Waals surface area contributed by atoms with Crippen molar-refractivity contribution >= 4 is 11.5 Å². The number of hydrogen-bond acceptors (Lipinski definition) is 3. The zero-order chi connectivity index (χ0) is 15.6. The number of ketones is 1. The molecule has 0 saturated carbocycles. The molecule has 0 unspecified atom stereocenters. The van der Waals surface area contributed by atoms with Crippen molar-refractivity contribution in [3.63, 3.8) is 0 Å². The number of hydrogen-bond donors (Lipinski definition) is 1. The third kappa shape index (κ3) is 3.16. The van der Waals surface area contributed by atoms with Crippen LogP contribution in [0.1, 0.15) is 21.5 Å². The van der Waals surface area contributed by atoms with Crippen LogP contribution in [0.2, 0.25) is 0 Å². The Morgan fingerprint density at radius 2 is 1.71 bits per heavy atom. The molecule has 0 spiro atoms. The molecule has 2 rings (SSSR count). The summed E-state index contributed by atoms with van der Waals surface area (Å²) in [4.78, 5) is 12.3. The first kappa shape index (κ1) is 14.9. The molecule has 2 aromatic rings. The molecule has 0 bridgehead atoms. The van der Waals surface area contributed by atoms with Crippen LogP contribution < -0.4 is 10.5 Å². The molecule has 110 valence electrons. The summed E-state index contributed by atoms with van der Waals surface area (Å²) in [5.74, 6) is -0.549. The van der Waals surface area contributed by atoms with Crippen molar-refractivity contribution in [2.45, 2.75) is 6.18 Å². The van der Waals surface area contributed by atoms with Crippen molar-refractivity contribution in [2.75, 3.05) is 12.8 Å². The molecule has 0 aromatic heterocycles. The van der Waals surface area contributed by atoms with E-state index >= 15 is 0 Å². The fourth-order valence-corrected chi connectivity index (χ4v) is 1.85. The van der Waals surface area contributed by atoms with Gasteiger partial charge >= 0.3 is 6.18 Å². The van der Waals surface area contributed by atoms with Crippen LogP contribution in [-0.4, -0.2) is 12.9 Å². The Kier molecular flexibility index (Phi) is 3.88. The van der Waals surface area contributed by atoms with E-state index in [1.54, 1.807) is 12.1 Å². The van der Waals surface area contributed by atoms with E-state index in [2.05, 4.69) is 0 Å². The lowest BCUT2D eigenvalue weighted by molar-refractivity contribution is -0.137. The molecule has 0 aliphatic rings. The van der Waals surface area contributed by atoms with Gasteiger partial charge in [-0.15, -0.1) is 0 Å². The fourth-order valence-electron chi connectivity index (χ4n) is 1.85. The Labute approximate surface area is 119 Å². The van der Waals surface area contributed by atoms with Gasteiger partial charge in [0.15, 0.2) is 5.78 Å². The summed E-state index contributed by atoms with van der Waals surface area (Å²) < 4.78 is 42.9. The summed E-state index contributed by atoms with van der Waals surface area (Å²) in [5.41, 5.74) is 5.54. The monoisotopic (exact) mass is 295 g/mol. The van der Waals surface area contributed by atoms with Crippen LogP contribution in [0, 0.1) is 0 Å². The number of nitrogens with two attached hydrogens (primary N) is 1. The van der Waals surface area contributed by atoms with Crippen LogP contribution in [-0.2, 0) is 6.18 Å². The summed E-state index contributed by atoms with van der Waals surface area (Å²) in [6, 6.07) is 8.88. The second-order valence-corrected chi connectivity index (χ2v) is 4.36. The van der Waals surface area contributed by atoms with Crippen molar-refractivity contribution in [1.29, 1.82) is 0 Å². The average molecular weight is 295 g/mol. The van der Waals surface area contributed by atoms with Gasteiger partial charge in [-0.25, -0.2) is 0 Å². The van der Waals surface area contributed by atoms with Crippen LogP contribution in [0.25, 0.3) is 0 Å². The number of nitrogen functional groups attached to an aromatic ring is 1. The summed E-state index contributed by atoms with van der Waals surface area (Å²) in [5, 5.41) is 0. The van der Waals surface area contributed by atoms with Crippen molar-refractivity contribution < 1.29 is 22.7 Å². The van der Waals surface area contributed by atoms with E-state index in [0.29, 0.717) is 11.3 Å². The summed E-state index contributed by atoms with van der Waals surface area (Å²) >= 11 is 0. The van der Waals surface area contributed by atoms with Crippen LogP contribution in [0.4, 0.5) is 18.9 Å². The lowest BCUT2D eigenvalue weighted by Crippen LogP contribution is -2.09. The molecule has 0 atom stereocenters. The van der Waals surface area contributed by atoms with Gasteiger partial charge in [-0.3, -0.25) is 4.79 Å². The number of methoxy groups -OCH3 is 1. The van der Waals surface area contributed by atoms with E-state index in [1.165, 1.54) is 19.2 Å². The first-order valence-corrected chi connectivity index (χ1v) is 5.98. The SMILES string of the molecule is COc1cc(C(F)(F)F)ccc1C(=O)c1ccc(N)cc1. The molecule has 0 radical (unpaired) electrons. The standard InChI is InChI=1S/C15H12F3NO2/c1-21-13-8-10(15(16,17)18)4-7-12(13)14(20)9-2-5-11(19)6-3-9/h2-8H,19H2,1H3. The molecule has 0 saturated heterocycles. The quantitative estimate of drug-likeness (QED) is 0.696. The molecule has 21 heavy (non-hydrogen) atoms. The minimum atomic E-state index is -4.49. The second kappa shape index (κ2) is 5.47. The highest BCUT2D eigenvalue weighted by atomic mass is 19.4. The third-order valence-corrected chi connectivity index (χ3v) is 2.95. The van der Waals surface area contributed by atoms with E-state index in [4.69, 9.17) is 10.5 Å². The molecular weight excluding hydrogens is 283 g/mol.